The Labute approximate surface area is 126 Å². The van der Waals surface area contributed by atoms with Gasteiger partial charge in [0, 0.05) is 17.6 Å². The summed E-state index contributed by atoms with van der Waals surface area (Å²) in [4.78, 5) is 14.0. The highest BCUT2D eigenvalue weighted by Gasteiger charge is 2.18. The fourth-order valence-electron chi connectivity index (χ4n) is 2.02. The number of hydrogen-bond donors (Lipinski definition) is 1. The van der Waals surface area contributed by atoms with Gasteiger partial charge in [0.05, 0.1) is 5.56 Å². The first-order chi connectivity index (χ1) is 9.08. The molecular formula is C13H15BrN2O2S. The number of nitrogens with two attached hydrogens (primary N) is 1. The lowest BCUT2D eigenvalue weighted by Crippen LogP contribution is -2.32. The third-order valence-electron chi connectivity index (χ3n) is 3.02. The molecule has 19 heavy (non-hydrogen) atoms. The van der Waals surface area contributed by atoms with E-state index in [4.69, 9.17) is 22.7 Å². The van der Waals surface area contributed by atoms with Crippen LogP contribution in [0.15, 0.2) is 22.7 Å². The standard InChI is InChI=1S/C13H15BrN2O2S/c14-9-3-4-11(10(7-9)13(15)19)18-8-12(17)16-5-1-2-6-16/h3-4,7H,1-2,5-6,8H2,(H2,15,19). The van der Waals surface area contributed by atoms with Crippen molar-refractivity contribution in [3.05, 3.63) is 28.2 Å². The van der Waals surface area contributed by atoms with E-state index in [1.807, 2.05) is 11.0 Å². The van der Waals surface area contributed by atoms with E-state index >= 15 is 0 Å². The van der Waals surface area contributed by atoms with Crippen LogP contribution in [0.2, 0.25) is 0 Å². The summed E-state index contributed by atoms with van der Waals surface area (Å²) in [7, 11) is 0. The molecule has 1 saturated heterocycles. The second-order valence-electron chi connectivity index (χ2n) is 4.38. The maximum absolute atomic E-state index is 11.9. The van der Waals surface area contributed by atoms with Gasteiger partial charge < -0.3 is 15.4 Å². The second-order valence-corrected chi connectivity index (χ2v) is 5.74. The molecule has 4 nitrogen and oxygen atoms in total. The predicted octanol–water partition coefficient (Wildman–Crippen LogP) is 2.08. The van der Waals surface area contributed by atoms with E-state index < -0.39 is 0 Å². The van der Waals surface area contributed by atoms with Gasteiger partial charge in [-0.3, -0.25) is 4.79 Å². The Balaban J connectivity index is 2.02. The molecule has 0 aliphatic carbocycles. The van der Waals surface area contributed by atoms with Gasteiger partial charge in [-0.05, 0) is 31.0 Å². The largest absolute Gasteiger partial charge is 0.483 e. The zero-order chi connectivity index (χ0) is 13.8. The Bertz CT molecular complexity index is 501. The van der Waals surface area contributed by atoms with Crippen molar-refractivity contribution in [1.29, 1.82) is 0 Å². The monoisotopic (exact) mass is 342 g/mol. The molecule has 1 aromatic carbocycles. The van der Waals surface area contributed by atoms with Crippen LogP contribution in [0, 0.1) is 0 Å². The zero-order valence-electron chi connectivity index (χ0n) is 10.4. The molecule has 1 fully saturated rings. The first-order valence-corrected chi connectivity index (χ1v) is 7.28. The molecule has 2 rings (SSSR count). The van der Waals surface area contributed by atoms with Crippen molar-refractivity contribution in [2.24, 2.45) is 5.73 Å². The van der Waals surface area contributed by atoms with Crippen LogP contribution in [0.25, 0.3) is 0 Å². The van der Waals surface area contributed by atoms with Gasteiger partial charge in [-0.2, -0.15) is 0 Å². The van der Waals surface area contributed by atoms with Crippen molar-refractivity contribution in [2.45, 2.75) is 12.8 Å². The Morgan fingerprint density at radius 3 is 2.74 bits per heavy atom. The lowest BCUT2D eigenvalue weighted by molar-refractivity contribution is -0.132. The SMILES string of the molecule is NC(=S)c1cc(Br)ccc1OCC(=O)N1CCCC1. The smallest absolute Gasteiger partial charge is 0.260 e. The molecule has 2 N–H and O–H groups in total. The third kappa shape index (κ3) is 3.67. The molecule has 0 spiro atoms. The van der Waals surface area contributed by atoms with Crippen molar-refractivity contribution in [2.75, 3.05) is 19.7 Å². The molecule has 0 saturated carbocycles. The molecule has 1 amide bonds. The van der Waals surface area contributed by atoms with Crippen molar-refractivity contribution in [1.82, 2.24) is 4.90 Å². The molecule has 0 radical (unpaired) electrons. The Morgan fingerprint density at radius 1 is 1.42 bits per heavy atom. The highest BCUT2D eigenvalue weighted by molar-refractivity contribution is 9.10. The summed E-state index contributed by atoms with van der Waals surface area (Å²) < 4.78 is 6.42. The van der Waals surface area contributed by atoms with Gasteiger partial charge in [0.1, 0.15) is 10.7 Å². The predicted molar refractivity (Wildman–Crippen MR) is 81.3 cm³/mol. The summed E-state index contributed by atoms with van der Waals surface area (Å²) in [5.74, 6) is 0.553. The summed E-state index contributed by atoms with van der Waals surface area (Å²) in [5.41, 5.74) is 6.28. The van der Waals surface area contributed by atoms with Crippen LogP contribution < -0.4 is 10.5 Å². The maximum atomic E-state index is 11.9. The normalized spacial score (nSPS) is 14.5. The van der Waals surface area contributed by atoms with E-state index in [2.05, 4.69) is 15.9 Å². The molecule has 1 heterocycles. The highest BCUT2D eigenvalue weighted by atomic mass is 79.9. The molecule has 6 heteroatoms. The van der Waals surface area contributed by atoms with Gasteiger partial charge in [0.15, 0.2) is 6.61 Å². The molecular weight excluding hydrogens is 328 g/mol. The lowest BCUT2D eigenvalue weighted by Gasteiger charge is -2.16. The summed E-state index contributed by atoms with van der Waals surface area (Å²) >= 11 is 8.33. The van der Waals surface area contributed by atoms with Crippen LogP contribution in [0.1, 0.15) is 18.4 Å². The molecule has 1 aromatic rings. The van der Waals surface area contributed by atoms with E-state index in [0.29, 0.717) is 11.3 Å². The van der Waals surface area contributed by atoms with E-state index in [-0.39, 0.29) is 17.5 Å². The third-order valence-corrected chi connectivity index (χ3v) is 3.73. The highest BCUT2D eigenvalue weighted by Crippen LogP contribution is 2.23. The molecule has 0 aromatic heterocycles. The lowest BCUT2D eigenvalue weighted by atomic mass is 10.2. The molecule has 0 atom stereocenters. The van der Waals surface area contributed by atoms with Crippen LogP contribution in [-0.2, 0) is 4.79 Å². The first-order valence-electron chi connectivity index (χ1n) is 6.08. The van der Waals surface area contributed by atoms with Gasteiger partial charge in [-0.25, -0.2) is 0 Å². The topological polar surface area (TPSA) is 55.6 Å². The fraction of sp³-hybridized carbons (Fsp3) is 0.385. The van der Waals surface area contributed by atoms with Gasteiger partial charge in [0.2, 0.25) is 0 Å². The Morgan fingerprint density at radius 2 is 2.11 bits per heavy atom. The number of likely N-dealkylation sites (tertiary alicyclic amines) is 1. The number of rotatable bonds is 4. The first kappa shape index (κ1) is 14.3. The second kappa shape index (κ2) is 6.34. The van der Waals surface area contributed by atoms with E-state index in [1.165, 1.54) is 0 Å². The number of carbonyl (C=O) groups excluding carboxylic acids is 1. The zero-order valence-corrected chi connectivity index (χ0v) is 12.8. The van der Waals surface area contributed by atoms with Gasteiger partial charge >= 0.3 is 0 Å². The summed E-state index contributed by atoms with van der Waals surface area (Å²) in [6, 6.07) is 5.38. The average molecular weight is 343 g/mol. The minimum absolute atomic E-state index is 0.00862. The maximum Gasteiger partial charge on any atom is 0.260 e. The van der Waals surface area contributed by atoms with Gasteiger partial charge in [-0.1, -0.05) is 28.1 Å². The molecule has 1 aliphatic heterocycles. The number of ether oxygens (including phenoxy) is 1. The number of nitrogens with zero attached hydrogens (tertiary/aromatic N) is 1. The van der Waals surface area contributed by atoms with Crippen LogP contribution in [0.5, 0.6) is 5.75 Å². The van der Waals surface area contributed by atoms with Crippen molar-refractivity contribution in [3.63, 3.8) is 0 Å². The number of amides is 1. The average Bonchev–Trinajstić information content (AvgIpc) is 2.90. The van der Waals surface area contributed by atoms with Crippen LogP contribution in [0.4, 0.5) is 0 Å². The molecule has 0 unspecified atom stereocenters. The summed E-state index contributed by atoms with van der Waals surface area (Å²) in [5, 5.41) is 0. The van der Waals surface area contributed by atoms with Crippen molar-refractivity contribution >= 4 is 39.0 Å². The quantitative estimate of drug-likeness (QED) is 0.851. The minimum atomic E-state index is 0.00862. The number of thiocarbonyl (C=S) groups is 1. The molecule has 102 valence electrons. The van der Waals surface area contributed by atoms with Crippen LogP contribution in [-0.4, -0.2) is 35.5 Å². The Kier molecular flexibility index (Phi) is 4.76. The fourth-order valence-corrected chi connectivity index (χ4v) is 2.54. The summed E-state index contributed by atoms with van der Waals surface area (Å²) in [6.07, 6.45) is 2.14. The minimum Gasteiger partial charge on any atom is -0.483 e. The van der Waals surface area contributed by atoms with Crippen LogP contribution >= 0.6 is 28.1 Å². The van der Waals surface area contributed by atoms with Crippen molar-refractivity contribution in [3.8, 4) is 5.75 Å². The molecule has 0 bridgehead atoms. The number of halogens is 1. The van der Waals surface area contributed by atoms with Crippen LogP contribution in [0.3, 0.4) is 0 Å². The van der Waals surface area contributed by atoms with Crippen molar-refractivity contribution < 1.29 is 9.53 Å². The van der Waals surface area contributed by atoms with E-state index in [9.17, 15) is 4.79 Å². The molecule has 1 aliphatic rings. The summed E-state index contributed by atoms with van der Waals surface area (Å²) in [6.45, 7) is 1.67. The number of benzene rings is 1. The van der Waals surface area contributed by atoms with E-state index in [0.717, 1.165) is 30.4 Å². The number of hydrogen-bond acceptors (Lipinski definition) is 3. The van der Waals surface area contributed by atoms with E-state index in [1.54, 1.807) is 12.1 Å². The van der Waals surface area contributed by atoms with Gasteiger partial charge in [-0.15, -0.1) is 0 Å². The van der Waals surface area contributed by atoms with Gasteiger partial charge in [0.25, 0.3) is 5.91 Å². The number of carbonyl (C=O) groups is 1. The Hall–Kier alpha value is -1.14.